The molecule has 2 amide bonds. The first-order chi connectivity index (χ1) is 14.5. The zero-order chi connectivity index (χ0) is 23.2. The molecule has 0 radical (unpaired) electrons. The van der Waals surface area contributed by atoms with Crippen molar-refractivity contribution >= 4 is 66.5 Å². The third kappa shape index (κ3) is 7.64. The van der Waals surface area contributed by atoms with Crippen molar-refractivity contribution in [2.75, 3.05) is 23.0 Å². The monoisotopic (exact) mass is 530 g/mol. The van der Waals surface area contributed by atoms with Gasteiger partial charge in [0.1, 0.15) is 0 Å². The fraction of sp³-hybridized carbons (Fsp3) is 0.250. The summed E-state index contributed by atoms with van der Waals surface area (Å²) in [5.74, 6) is -2.15. The highest BCUT2D eigenvalue weighted by atomic mass is 79.9. The molecule has 2 aromatic carbocycles. The number of carbonyl (C=O) groups excluding carboxylic acids is 3. The molecule has 0 saturated carbocycles. The SMILES string of the molecule is CC(=O)Nc1ccc(S(=O)(=O)CCC(=O)OCC(=O)Nc2cc(Cl)c(Br)cc2C)cc1. The molecule has 0 spiro atoms. The molecule has 0 fully saturated rings. The quantitative estimate of drug-likeness (QED) is 0.501. The Hall–Kier alpha value is -2.43. The molecule has 8 nitrogen and oxygen atoms in total. The van der Waals surface area contributed by atoms with E-state index in [1.807, 2.05) is 0 Å². The average molecular weight is 532 g/mol. The second kappa shape index (κ2) is 10.7. The molecule has 0 atom stereocenters. The number of carbonyl (C=O) groups is 3. The number of halogens is 2. The van der Waals surface area contributed by atoms with Gasteiger partial charge in [-0.25, -0.2) is 8.42 Å². The highest BCUT2D eigenvalue weighted by Gasteiger charge is 2.18. The minimum atomic E-state index is -3.74. The number of rotatable bonds is 8. The van der Waals surface area contributed by atoms with E-state index in [1.54, 1.807) is 19.1 Å². The third-order valence-corrected chi connectivity index (χ3v) is 6.94. The minimum Gasteiger partial charge on any atom is -0.456 e. The lowest BCUT2D eigenvalue weighted by molar-refractivity contribution is -0.146. The van der Waals surface area contributed by atoms with Crippen molar-refractivity contribution < 1.29 is 27.5 Å². The Morgan fingerprint density at radius 3 is 2.35 bits per heavy atom. The van der Waals surface area contributed by atoms with Crippen molar-refractivity contribution in [3.05, 3.63) is 51.5 Å². The number of nitrogens with one attached hydrogen (secondary N) is 2. The van der Waals surface area contributed by atoms with Gasteiger partial charge >= 0.3 is 5.97 Å². The molecule has 0 aliphatic rings. The van der Waals surface area contributed by atoms with Crippen molar-refractivity contribution in [3.8, 4) is 0 Å². The van der Waals surface area contributed by atoms with Crippen LogP contribution in [0.4, 0.5) is 11.4 Å². The summed E-state index contributed by atoms with van der Waals surface area (Å²) < 4.78 is 30.3. The molecule has 0 heterocycles. The van der Waals surface area contributed by atoms with Crippen LogP contribution in [0.15, 0.2) is 45.8 Å². The first-order valence-corrected chi connectivity index (χ1v) is 11.8. The molecule has 0 aliphatic heterocycles. The van der Waals surface area contributed by atoms with E-state index in [9.17, 15) is 22.8 Å². The second-order valence-electron chi connectivity index (χ2n) is 6.56. The Balaban J connectivity index is 1.85. The lowest BCUT2D eigenvalue weighted by atomic mass is 10.2. The van der Waals surface area contributed by atoms with Crippen molar-refractivity contribution in [1.29, 1.82) is 0 Å². The van der Waals surface area contributed by atoms with Crippen LogP contribution in [0.1, 0.15) is 18.9 Å². The summed E-state index contributed by atoms with van der Waals surface area (Å²) in [5.41, 5.74) is 1.69. The highest BCUT2D eigenvalue weighted by molar-refractivity contribution is 9.10. The fourth-order valence-electron chi connectivity index (χ4n) is 2.47. The summed E-state index contributed by atoms with van der Waals surface area (Å²) in [5, 5.41) is 5.52. The Labute approximate surface area is 193 Å². The number of ether oxygens (including phenoxy) is 1. The lowest BCUT2D eigenvalue weighted by Crippen LogP contribution is -2.22. The molecule has 2 rings (SSSR count). The number of anilines is 2. The van der Waals surface area contributed by atoms with E-state index in [-0.39, 0.29) is 10.8 Å². The van der Waals surface area contributed by atoms with Gasteiger partial charge < -0.3 is 15.4 Å². The van der Waals surface area contributed by atoms with Crippen LogP contribution in [0, 0.1) is 6.92 Å². The van der Waals surface area contributed by atoms with E-state index in [0.29, 0.717) is 20.9 Å². The predicted octanol–water partition coefficient (Wildman–Crippen LogP) is 3.72. The Bertz CT molecular complexity index is 1100. The zero-order valence-corrected chi connectivity index (χ0v) is 19.9. The van der Waals surface area contributed by atoms with Crippen molar-refractivity contribution in [1.82, 2.24) is 0 Å². The number of benzene rings is 2. The minimum absolute atomic E-state index is 0.00902. The van der Waals surface area contributed by atoms with Gasteiger partial charge in [-0.15, -0.1) is 0 Å². The third-order valence-electron chi connectivity index (χ3n) is 4.01. The Kier molecular flexibility index (Phi) is 8.60. The summed E-state index contributed by atoms with van der Waals surface area (Å²) in [6, 6.07) is 8.87. The van der Waals surface area contributed by atoms with Crippen LogP contribution >= 0.6 is 27.5 Å². The van der Waals surface area contributed by atoms with E-state index in [1.165, 1.54) is 31.2 Å². The standard InChI is InChI=1S/C20H20BrClN2O6S/c1-12-9-16(21)17(22)10-18(12)24-19(26)11-30-20(27)7-8-31(28,29)15-5-3-14(4-6-15)23-13(2)25/h3-6,9-10H,7-8,11H2,1-2H3,(H,23,25)(H,24,26). The van der Waals surface area contributed by atoms with E-state index in [2.05, 4.69) is 26.6 Å². The largest absolute Gasteiger partial charge is 0.456 e. The molecule has 2 N–H and O–H groups in total. The summed E-state index contributed by atoms with van der Waals surface area (Å²) in [6.07, 6.45) is -0.411. The van der Waals surface area contributed by atoms with Crippen LogP contribution in [0.2, 0.25) is 5.02 Å². The summed E-state index contributed by atoms with van der Waals surface area (Å²) in [7, 11) is -3.74. The summed E-state index contributed by atoms with van der Waals surface area (Å²) in [4.78, 5) is 34.9. The molecule has 31 heavy (non-hydrogen) atoms. The molecular weight excluding hydrogens is 512 g/mol. The van der Waals surface area contributed by atoms with Gasteiger partial charge in [-0.1, -0.05) is 11.6 Å². The van der Waals surface area contributed by atoms with Gasteiger partial charge in [0, 0.05) is 22.8 Å². The van der Waals surface area contributed by atoms with Crippen LogP contribution in [0.3, 0.4) is 0 Å². The smallest absolute Gasteiger partial charge is 0.307 e. The molecule has 166 valence electrons. The topological polar surface area (TPSA) is 119 Å². The van der Waals surface area contributed by atoms with Crippen LogP contribution in [-0.2, 0) is 29.0 Å². The predicted molar refractivity (Wildman–Crippen MR) is 121 cm³/mol. The van der Waals surface area contributed by atoms with Crippen molar-refractivity contribution in [3.63, 3.8) is 0 Å². The van der Waals surface area contributed by atoms with Crippen LogP contribution < -0.4 is 10.6 Å². The number of sulfone groups is 1. The van der Waals surface area contributed by atoms with Gasteiger partial charge in [0.05, 0.1) is 22.1 Å². The summed E-state index contributed by atoms with van der Waals surface area (Å²) >= 11 is 9.28. The van der Waals surface area contributed by atoms with Gasteiger partial charge in [-0.05, 0) is 64.8 Å². The maximum Gasteiger partial charge on any atom is 0.307 e. The lowest BCUT2D eigenvalue weighted by Gasteiger charge is -2.10. The molecule has 0 unspecified atom stereocenters. The molecule has 0 aromatic heterocycles. The van der Waals surface area contributed by atoms with E-state index in [0.717, 1.165) is 5.56 Å². The van der Waals surface area contributed by atoms with Crippen molar-refractivity contribution in [2.45, 2.75) is 25.2 Å². The number of hydrogen-bond donors (Lipinski definition) is 2. The first kappa shape index (κ1) is 24.8. The number of esters is 1. The molecule has 2 aromatic rings. The van der Waals surface area contributed by atoms with Gasteiger partial charge in [-0.2, -0.15) is 0 Å². The van der Waals surface area contributed by atoms with Gasteiger partial charge in [-0.3, -0.25) is 14.4 Å². The Morgan fingerprint density at radius 2 is 1.74 bits per heavy atom. The molecule has 0 saturated heterocycles. The maximum atomic E-state index is 12.4. The normalized spacial score (nSPS) is 11.0. The van der Waals surface area contributed by atoms with Gasteiger partial charge in [0.25, 0.3) is 5.91 Å². The molecule has 11 heteroatoms. The highest BCUT2D eigenvalue weighted by Crippen LogP contribution is 2.28. The molecule has 0 bridgehead atoms. The molecular formula is C20H20BrClN2O6S. The fourth-order valence-corrected chi connectivity index (χ4v) is 4.31. The van der Waals surface area contributed by atoms with Crippen LogP contribution in [0.5, 0.6) is 0 Å². The van der Waals surface area contributed by atoms with E-state index < -0.39 is 40.5 Å². The van der Waals surface area contributed by atoms with Crippen LogP contribution in [0.25, 0.3) is 0 Å². The number of aryl methyl sites for hydroxylation is 1. The second-order valence-corrected chi connectivity index (χ2v) is 9.94. The first-order valence-electron chi connectivity index (χ1n) is 8.99. The van der Waals surface area contributed by atoms with E-state index in [4.69, 9.17) is 16.3 Å². The average Bonchev–Trinajstić information content (AvgIpc) is 2.69. The van der Waals surface area contributed by atoms with E-state index >= 15 is 0 Å². The maximum absolute atomic E-state index is 12.4. The van der Waals surface area contributed by atoms with Gasteiger partial charge in [0.2, 0.25) is 5.91 Å². The number of amides is 2. The number of hydrogen-bond acceptors (Lipinski definition) is 6. The van der Waals surface area contributed by atoms with Crippen LogP contribution in [-0.4, -0.2) is 38.6 Å². The zero-order valence-electron chi connectivity index (χ0n) is 16.7. The van der Waals surface area contributed by atoms with Gasteiger partial charge in [0.15, 0.2) is 16.4 Å². The Morgan fingerprint density at radius 1 is 1.10 bits per heavy atom. The summed E-state index contributed by atoms with van der Waals surface area (Å²) in [6.45, 7) is 2.55. The van der Waals surface area contributed by atoms with Crippen molar-refractivity contribution in [2.24, 2.45) is 0 Å². The molecule has 0 aliphatic carbocycles.